The third kappa shape index (κ3) is 6.37. The number of carbonyl (C=O) groups excluding carboxylic acids is 1. The quantitative estimate of drug-likeness (QED) is 0.523. The van der Waals surface area contributed by atoms with E-state index < -0.39 is 45.2 Å². The van der Waals surface area contributed by atoms with E-state index in [4.69, 9.17) is 32.7 Å². The monoisotopic (exact) mass is 533 g/mol. The average Bonchev–Trinajstić information content (AvgIpc) is 2.65. The number of ether oxygens (including phenoxy) is 2. The summed E-state index contributed by atoms with van der Waals surface area (Å²) in [6.45, 7) is 1.58. The summed E-state index contributed by atoms with van der Waals surface area (Å²) >= 11 is 11.9. The number of alkyl halides is 3. The molecule has 0 unspecified atom stereocenters. The van der Waals surface area contributed by atoms with E-state index in [0.29, 0.717) is 10.4 Å². The highest BCUT2D eigenvalue weighted by atomic mass is 35.5. The Morgan fingerprint density at radius 2 is 1.73 bits per heavy atom. The normalized spacial score (nSPS) is 12.6. The number of aromatic nitrogens is 1. The van der Waals surface area contributed by atoms with Gasteiger partial charge in [0.25, 0.3) is 5.91 Å². The van der Waals surface area contributed by atoms with E-state index in [-0.39, 0.29) is 21.5 Å². The molecule has 1 heterocycles. The Labute approximate surface area is 196 Å². The van der Waals surface area contributed by atoms with E-state index in [9.17, 15) is 30.8 Å². The van der Waals surface area contributed by atoms with E-state index >= 15 is 0 Å². The number of hydrogen-bond donors (Lipinski definition) is 1. The van der Waals surface area contributed by atoms with Gasteiger partial charge in [0, 0.05) is 26.2 Å². The van der Waals surface area contributed by atoms with Gasteiger partial charge in [0.2, 0.25) is 5.88 Å². The minimum atomic E-state index is -4.70. The van der Waals surface area contributed by atoms with Gasteiger partial charge in [-0.1, -0.05) is 23.2 Å². The van der Waals surface area contributed by atoms with Crippen molar-refractivity contribution in [1.29, 1.82) is 0 Å². The molecule has 0 spiro atoms. The molecule has 2 aromatic rings. The summed E-state index contributed by atoms with van der Waals surface area (Å²) in [6.07, 6.45) is -3.73. The lowest BCUT2D eigenvalue weighted by Gasteiger charge is -2.28. The van der Waals surface area contributed by atoms with Crippen molar-refractivity contribution in [2.24, 2.45) is 0 Å². The average molecular weight is 534 g/mol. The van der Waals surface area contributed by atoms with E-state index in [1.165, 1.54) is 0 Å². The number of rotatable bonds is 7. The Morgan fingerprint density at radius 3 is 2.24 bits per heavy atom. The van der Waals surface area contributed by atoms with Crippen LogP contribution in [-0.2, 0) is 10.2 Å². The first-order chi connectivity index (χ1) is 14.9. The molecule has 0 atom stereocenters. The smallest absolute Gasteiger partial charge is 0.427 e. The predicted octanol–water partition coefficient (Wildman–Crippen LogP) is 4.58. The second-order valence-electron chi connectivity index (χ2n) is 7.15. The fourth-order valence-electron chi connectivity index (χ4n) is 2.01. The van der Waals surface area contributed by atoms with Crippen molar-refractivity contribution in [3.8, 4) is 17.4 Å². The van der Waals surface area contributed by atoms with Gasteiger partial charge in [-0.3, -0.25) is 4.79 Å². The SMILES string of the molecule is CN(C)S(=O)(=O)NC(=O)c1cc(Cl)c(Oc2cnc(OC(C)(C)C(F)(F)F)c(Cl)c2)cc1F. The van der Waals surface area contributed by atoms with Gasteiger partial charge >= 0.3 is 16.4 Å². The van der Waals surface area contributed by atoms with Crippen LogP contribution in [-0.4, -0.2) is 49.5 Å². The summed E-state index contributed by atoms with van der Waals surface area (Å²) in [6, 6.07) is 2.62. The second kappa shape index (κ2) is 9.49. The minimum Gasteiger partial charge on any atom is -0.461 e. The van der Waals surface area contributed by atoms with Crippen LogP contribution in [0.5, 0.6) is 17.4 Å². The molecule has 1 N–H and O–H groups in total. The lowest BCUT2D eigenvalue weighted by atomic mass is 10.1. The Hall–Kier alpha value is -2.35. The summed E-state index contributed by atoms with van der Waals surface area (Å²) in [4.78, 5) is 15.8. The molecule has 2 rings (SSSR count). The summed E-state index contributed by atoms with van der Waals surface area (Å²) in [5, 5.41) is -0.607. The maximum atomic E-state index is 14.4. The maximum Gasteiger partial charge on any atom is 0.427 e. The Kier molecular flexibility index (Phi) is 7.73. The third-order valence-corrected chi connectivity index (χ3v) is 5.98. The topological polar surface area (TPSA) is 97.8 Å². The molecular formula is C18H17Cl2F4N3O5S. The highest BCUT2D eigenvalue weighted by Crippen LogP contribution is 2.38. The zero-order chi connectivity index (χ0) is 25.4. The Balaban J connectivity index is 2.26. The van der Waals surface area contributed by atoms with Gasteiger partial charge in [0.1, 0.15) is 22.3 Å². The van der Waals surface area contributed by atoms with Crippen LogP contribution < -0.4 is 14.2 Å². The van der Waals surface area contributed by atoms with E-state index in [0.717, 1.165) is 46.3 Å². The molecule has 0 radical (unpaired) electrons. The molecule has 0 saturated carbocycles. The van der Waals surface area contributed by atoms with Crippen molar-refractivity contribution in [1.82, 2.24) is 14.0 Å². The number of pyridine rings is 1. The first kappa shape index (κ1) is 26.9. The van der Waals surface area contributed by atoms with Gasteiger partial charge in [-0.25, -0.2) is 14.1 Å². The maximum absolute atomic E-state index is 14.4. The molecular weight excluding hydrogens is 517 g/mol. The number of benzene rings is 1. The molecule has 0 fully saturated rings. The van der Waals surface area contributed by atoms with Gasteiger partial charge in [0.15, 0.2) is 5.60 Å². The van der Waals surface area contributed by atoms with Gasteiger partial charge in [-0.05, 0) is 19.9 Å². The van der Waals surface area contributed by atoms with E-state index in [2.05, 4.69) is 4.98 Å². The molecule has 182 valence electrons. The summed E-state index contributed by atoms with van der Waals surface area (Å²) in [7, 11) is -1.85. The number of halogens is 6. The summed E-state index contributed by atoms with van der Waals surface area (Å²) < 4.78 is 89.4. The van der Waals surface area contributed by atoms with Crippen molar-refractivity contribution < 1.29 is 40.2 Å². The van der Waals surface area contributed by atoms with Crippen LogP contribution in [0, 0.1) is 5.82 Å². The van der Waals surface area contributed by atoms with Crippen molar-refractivity contribution in [2.45, 2.75) is 25.6 Å². The molecule has 1 aromatic carbocycles. The van der Waals surface area contributed by atoms with Gasteiger partial charge in [-0.2, -0.15) is 25.9 Å². The lowest BCUT2D eigenvalue weighted by Crippen LogP contribution is -2.44. The molecule has 0 aliphatic heterocycles. The van der Waals surface area contributed by atoms with Crippen LogP contribution in [0.2, 0.25) is 10.0 Å². The Morgan fingerprint density at radius 1 is 1.12 bits per heavy atom. The molecule has 0 aliphatic carbocycles. The van der Waals surface area contributed by atoms with Crippen molar-refractivity contribution in [3.05, 3.63) is 45.8 Å². The van der Waals surface area contributed by atoms with Crippen LogP contribution in [0.3, 0.4) is 0 Å². The molecule has 0 bridgehead atoms. The number of nitrogens with one attached hydrogen (secondary N) is 1. The van der Waals surface area contributed by atoms with Gasteiger partial charge in [0.05, 0.1) is 16.8 Å². The first-order valence-electron chi connectivity index (χ1n) is 8.77. The van der Waals surface area contributed by atoms with Gasteiger partial charge < -0.3 is 9.47 Å². The lowest BCUT2D eigenvalue weighted by molar-refractivity contribution is -0.235. The zero-order valence-electron chi connectivity index (χ0n) is 17.4. The van der Waals surface area contributed by atoms with Crippen LogP contribution >= 0.6 is 23.2 Å². The molecule has 15 heteroatoms. The fourth-order valence-corrected chi connectivity index (χ4v) is 2.93. The number of hydrogen-bond acceptors (Lipinski definition) is 6. The molecule has 0 aliphatic rings. The van der Waals surface area contributed by atoms with Crippen LogP contribution in [0.25, 0.3) is 0 Å². The Bertz CT molecular complexity index is 1170. The van der Waals surface area contributed by atoms with Crippen LogP contribution in [0.15, 0.2) is 24.4 Å². The minimum absolute atomic E-state index is 0.133. The molecule has 8 nitrogen and oxygen atoms in total. The molecule has 1 aromatic heterocycles. The van der Waals surface area contributed by atoms with E-state index in [1.807, 2.05) is 0 Å². The highest BCUT2D eigenvalue weighted by molar-refractivity contribution is 7.87. The fraction of sp³-hybridized carbons (Fsp3) is 0.333. The number of nitrogens with zero attached hydrogens (tertiary/aromatic N) is 2. The largest absolute Gasteiger partial charge is 0.461 e. The summed E-state index contributed by atoms with van der Waals surface area (Å²) in [5.41, 5.74) is -3.25. The van der Waals surface area contributed by atoms with Gasteiger partial charge in [-0.15, -0.1) is 0 Å². The number of amides is 1. The van der Waals surface area contributed by atoms with Crippen molar-refractivity contribution in [3.63, 3.8) is 0 Å². The zero-order valence-corrected chi connectivity index (χ0v) is 19.7. The second-order valence-corrected chi connectivity index (χ2v) is 9.85. The standard InChI is InChI=1S/C18H17Cl2F4N3O5S/c1-17(2,18(22,23)24)32-16-12(20)5-9(8-25-16)31-14-7-13(21)10(6-11(14)19)15(28)26-33(29,30)27(3)4/h5-8H,1-4H3,(H,26,28). The first-order valence-corrected chi connectivity index (χ1v) is 11.0. The molecule has 1 amide bonds. The van der Waals surface area contributed by atoms with Crippen LogP contribution in [0.4, 0.5) is 17.6 Å². The molecule has 33 heavy (non-hydrogen) atoms. The van der Waals surface area contributed by atoms with Crippen LogP contribution in [0.1, 0.15) is 24.2 Å². The van der Waals surface area contributed by atoms with Crippen molar-refractivity contribution >= 4 is 39.3 Å². The third-order valence-electron chi connectivity index (χ3n) is 4.01. The highest BCUT2D eigenvalue weighted by Gasteiger charge is 2.50. The predicted molar refractivity (Wildman–Crippen MR) is 112 cm³/mol. The summed E-state index contributed by atoms with van der Waals surface area (Å²) in [5.74, 6) is -3.38. The van der Waals surface area contributed by atoms with E-state index in [1.54, 1.807) is 4.72 Å². The van der Waals surface area contributed by atoms with Crippen molar-refractivity contribution in [2.75, 3.05) is 14.1 Å². The number of carbonyl (C=O) groups is 1. The molecule has 0 saturated heterocycles.